The van der Waals surface area contributed by atoms with Crippen molar-refractivity contribution in [3.63, 3.8) is 0 Å². The van der Waals surface area contributed by atoms with Crippen LogP contribution in [-0.4, -0.2) is 30.5 Å². The van der Waals surface area contributed by atoms with Crippen LogP contribution in [0.4, 0.5) is 0 Å². The number of likely N-dealkylation sites (tertiary alicyclic amines) is 1. The number of piperidine rings is 1. The van der Waals surface area contributed by atoms with Gasteiger partial charge in [-0.3, -0.25) is 4.79 Å². The Kier molecular flexibility index (Phi) is 4.47. The zero-order valence-corrected chi connectivity index (χ0v) is 12.8. The molecule has 0 aliphatic carbocycles. The summed E-state index contributed by atoms with van der Waals surface area (Å²) in [6.07, 6.45) is 3.48. The second-order valence-corrected chi connectivity index (χ2v) is 5.84. The van der Waals surface area contributed by atoms with E-state index in [-0.39, 0.29) is 5.91 Å². The molecule has 1 saturated heterocycles. The van der Waals surface area contributed by atoms with Gasteiger partial charge < -0.3 is 14.1 Å². The molecular weight excluding hydrogens is 278 g/mol. The number of hydrogen-bond acceptors (Lipinski definition) is 3. The van der Waals surface area contributed by atoms with E-state index in [1.54, 1.807) is 12.1 Å². The molecule has 2 heterocycles. The normalized spacial score (nSPS) is 15.8. The summed E-state index contributed by atoms with van der Waals surface area (Å²) in [5, 5.41) is 0. The minimum atomic E-state index is -0.0111. The van der Waals surface area contributed by atoms with Crippen LogP contribution in [0.2, 0.25) is 0 Å². The van der Waals surface area contributed by atoms with Crippen molar-refractivity contribution >= 4 is 5.91 Å². The van der Waals surface area contributed by atoms with E-state index in [0.29, 0.717) is 18.3 Å². The van der Waals surface area contributed by atoms with Crippen molar-refractivity contribution in [2.45, 2.75) is 19.8 Å². The Bertz CT molecular complexity index is 613. The van der Waals surface area contributed by atoms with Crippen LogP contribution < -0.4 is 4.74 Å². The number of nitrogens with zero attached hydrogens (tertiary/aromatic N) is 1. The molecule has 2 aromatic rings. The Morgan fingerprint density at radius 3 is 2.77 bits per heavy atom. The van der Waals surface area contributed by atoms with Gasteiger partial charge in [0.15, 0.2) is 5.76 Å². The van der Waals surface area contributed by atoms with Crippen LogP contribution >= 0.6 is 0 Å². The van der Waals surface area contributed by atoms with Gasteiger partial charge in [0, 0.05) is 13.1 Å². The fourth-order valence-corrected chi connectivity index (χ4v) is 2.78. The van der Waals surface area contributed by atoms with Crippen LogP contribution in [0.5, 0.6) is 5.75 Å². The Hall–Kier alpha value is -2.23. The highest BCUT2D eigenvalue weighted by molar-refractivity contribution is 5.91. The molecule has 4 nitrogen and oxygen atoms in total. The molecule has 0 atom stereocenters. The summed E-state index contributed by atoms with van der Waals surface area (Å²) in [7, 11) is 0. The van der Waals surface area contributed by atoms with Crippen molar-refractivity contribution in [3.05, 3.63) is 54.0 Å². The maximum atomic E-state index is 12.2. The number of rotatable bonds is 4. The smallest absolute Gasteiger partial charge is 0.289 e. The number of ether oxygens (including phenoxy) is 1. The Morgan fingerprint density at radius 1 is 1.27 bits per heavy atom. The van der Waals surface area contributed by atoms with Gasteiger partial charge in [0.1, 0.15) is 5.75 Å². The van der Waals surface area contributed by atoms with E-state index in [4.69, 9.17) is 9.15 Å². The second kappa shape index (κ2) is 6.69. The molecule has 116 valence electrons. The first-order valence-corrected chi connectivity index (χ1v) is 7.74. The Labute approximate surface area is 130 Å². The maximum Gasteiger partial charge on any atom is 0.289 e. The second-order valence-electron chi connectivity index (χ2n) is 5.84. The molecule has 1 aliphatic heterocycles. The van der Waals surface area contributed by atoms with Gasteiger partial charge in [-0.05, 0) is 55.5 Å². The van der Waals surface area contributed by atoms with E-state index in [2.05, 4.69) is 19.1 Å². The first kappa shape index (κ1) is 14.7. The fraction of sp³-hybridized carbons (Fsp3) is 0.389. The number of benzene rings is 1. The molecule has 4 heteroatoms. The number of carbonyl (C=O) groups is 1. The molecule has 0 spiro atoms. The number of aryl methyl sites for hydroxylation is 1. The number of amides is 1. The molecule has 1 amide bonds. The maximum absolute atomic E-state index is 12.2. The van der Waals surface area contributed by atoms with E-state index in [1.165, 1.54) is 11.8 Å². The monoisotopic (exact) mass is 299 g/mol. The highest BCUT2D eigenvalue weighted by Crippen LogP contribution is 2.21. The van der Waals surface area contributed by atoms with Crippen LogP contribution in [0, 0.1) is 12.8 Å². The summed E-state index contributed by atoms with van der Waals surface area (Å²) < 4.78 is 11.0. The van der Waals surface area contributed by atoms with Gasteiger partial charge in [0.05, 0.1) is 12.9 Å². The zero-order chi connectivity index (χ0) is 15.4. The van der Waals surface area contributed by atoms with Crippen LogP contribution in [0.25, 0.3) is 0 Å². The Morgan fingerprint density at radius 2 is 2.09 bits per heavy atom. The summed E-state index contributed by atoms with van der Waals surface area (Å²) in [6, 6.07) is 11.6. The van der Waals surface area contributed by atoms with Crippen LogP contribution in [0.1, 0.15) is 29.0 Å². The van der Waals surface area contributed by atoms with E-state index in [9.17, 15) is 4.79 Å². The summed E-state index contributed by atoms with van der Waals surface area (Å²) in [4.78, 5) is 14.0. The lowest BCUT2D eigenvalue weighted by Gasteiger charge is -2.31. The lowest BCUT2D eigenvalue weighted by molar-refractivity contribution is 0.0630. The highest BCUT2D eigenvalue weighted by Gasteiger charge is 2.25. The van der Waals surface area contributed by atoms with Crippen molar-refractivity contribution in [1.29, 1.82) is 0 Å². The van der Waals surface area contributed by atoms with Crippen molar-refractivity contribution in [2.24, 2.45) is 5.92 Å². The number of hydrogen-bond donors (Lipinski definition) is 0. The van der Waals surface area contributed by atoms with Gasteiger partial charge in [-0.2, -0.15) is 0 Å². The van der Waals surface area contributed by atoms with E-state index >= 15 is 0 Å². The molecule has 1 aliphatic rings. The van der Waals surface area contributed by atoms with Crippen molar-refractivity contribution in [3.8, 4) is 5.75 Å². The standard InChI is InChI=1S/C18H21NO3/c1-14-4-2-5-16(12-14)22-13-15-7-9-19(10-8-15)18(20)17-6-3-11-21-17/h2-6,11-12,15H,7-10,13H2,1H3. The quantitative estimate of drug-likeness (QED) is 0.867. The van der Waals surface area contributed by atoms with Crippen LogP contribution in [-0.2, 0) is 0 Å². The van der Waals surface area contributed by atoms with Gasteiger partial charge >= 0.3 is 0 Å². The van der Waals surface area contributed by atoms with Gasteiger partial charge in [0.2, 0.25) is 0 Å². The molecular formula is C18H21NO3. The third-order valence-corrected chi connectivity index (χ3v) is 4.11. The van der Waals surface area contributed by atoms with E-state index in [0.717, 1.165) is 31.7 Å². The van der Waals surface area contributed by atoms with Gasteiger partial charge in [-0.15, -0.1) is 0 Å². The van der Waals surface area contributed by atoms with Crippen molar-refractivity contribution < 1.29 is 13.9 Å². The van der Waals surface area contributed by atoms with E-state index < -0.39 is 0 Å². The SMILES string of the molecule is Cc1cccc(OCC2CCN(C(=O)c3ccco3)CC2)c1. The van der Waals surface area contributed by atoms with Crippen molar-refractivity contribution in [2.75, 3.05) is 19.7 Å². The number of carbonyl (C=O) groups excluding carboxylic acids is 1. The van der Waals surface area contributed by atoms with Gasteiger partial charge in [-0.1, -0.05) is 12.1 Å². The molecule has 0 unspecified atom stereocenters. The highest BCUT2D eigenvalue weighted by atomic mass is 16.5. The fourth-order valence-electron chi connectivity index (χ4n) is 2.78. The van der Waals surface area contributed by atoms with Crippen molar-refractivity contribution in [1.82, 2.24) is 4.90 Å². The largest absolute Gasteiger partial charge is 0.493 e. The summed E-state index contributed by atoms with van der Waals surface area (Å²) >= 11 is 0. The summed E-state index contributed by atoms with van der Waals surface area (Å²) in [5.74, 6) is 1.84. The third-order valence-electron chi connectivity index (χ3n) is 4.11. The molecule has 0 bridgehead atoms. The predicted octanol–water partition coefficient (Wildman–Crippen LogP) is 3.52. The first-order valence-electron chi connectivity index (χ1n) is 7.74. The number of furan rings is 1. The molecule has 1 aromatic carbocycles. The molecule has 22 heavy (non-hydrogen) atoms. The molecule has 1 fully saturated rings. The van der Waals surface area contributed by atoms with Gasteiger partial charge in [-0.25, -0.2) is 0 Å². The minimum Gasteiger partial charge on any atom is -0.493 e. The third kappa shape index (κ3) is 3.50. The lowest BCUT2D eigenvalue weighted by atomic mass is 9.97. The average Bonchev–Trinajstić information content (AvgIpc) is 3.07. The van der Waals surface area contributed by atoms with E-state index in [1.807, 2.05) is 17.0 Å². The predicted molar refractivity (Wildman–Crippen MR) is 84.0 cm³/mol. The van der Waals surface area contributed by atoms with Gasteiger partial charge in [0.25, 0.3) is 5.91 Å². The van der Waals surface area contributed by atoms with Crippen LogP contribution in [0.3, 0.4) is 0 Å². The van der Waals surface area contributed by atoms with Crippen LogP contribution in [0.15, 0.2) is 47.1 Å². The summed E-state index contributed by atoms with van der Waals surface area (Å²) in [5.41, 5.74) is 1.20. The molecule has 3 rings (SSSR count). The molecule has 0 N–H and O–H groups in total. The minimum absolute atomic E-state index is 0.0111. The average molecular weight is 299 g/mol. The summed E-state index contributed by atoms with van der Waals surface area (Å²) in [6.45, 7) is 4.31. The Balaban J connectivity index is 1.47. The topological polar surface area (TPSA) is 42.7 Å². The molecule has 1 aromatic heterocycles. The molecule has 0 radical (unpaired) electrons. The first-order chi connectivity index (χ1) is 10.7. The zero-order valence-electron chi connectivity index (χ0n) is 12.8. The molecule has 0 saturated carbocycles. The lowest BCUT2D eigenvalue weighted by Crippen LogP contribution is -2.39.